The van der Waals surface area contributed by atoms with Gasteiger partial charge in [0.2, 0.25) is 5.91 Å². The Morgan fingerprint density at radius 2 is 1.64 bits per heavy atom. The Bertz CT molecular complexity index is 1900. The van der Waals surface area contributed by atoms with Gasteiger partial charge >= 0.3 is 0 Å². The summed E-state index contributed by atoms with van der Waals surface area (Å²) < 4.78 is 48.3. The van der Waals surface area contributed by atoms with Gasteiger partial charge in [-0.3, -0.25) is 9.78 Å². The van der Waals surface area contributed by atoms with Crippen molar-refractivity contribution >= 4 is 16.8 Å². The highest BCUT2D eigenvalue weighted by Crippen LogP contribution is 2.31. The lowest BCUT2D eigenvalue weighted by Gasteiger charge is -2.22. The van der Waals surface area contributed by atoms with Gasteiger partial charge < -0.3 is 15.0 Å². The zero-order valence-corrected chi connectivity index (χ0v) is 23.6. The lowest BCUT2D eigenvalue weighted by atomic mass is 9.95. The van der Waals surface area contributed by atoms with E-state index in [1.807, 2.05) is 60.7 Å². The fraction of sp³-hybridized carbons (Fsp3) is 0.111. The van der Waals surface area contributed by atoms with Crippen molar-refractivity contribution in [2.75, 3.05) is 0 Å². The number of nitrogens with zero attached hydrogens (tertiary/aromatic N) is 1. The number of aromatic nitrogens is 2. The van der Waals surface area contributed by atoms with Crippen LogP contribution in [0.5, 0.6) is 5.75 Å². The number of hydrogen-bond donors (Lipinski definition) is 2. The van der Waals surface area contributed by atoms with Gasteiger partial charge in [-0.2, -0.15) is 0 Å². The SMILES string of the molecule is O=C(Cc1c[nH]c2ccc(F)cc12)NC(Cc1cc(F)cc(F)c1)c1ncccc1-c1cccc(OCc2ccccc2)c1. The molecular formula is C36H28F3N3O2. The van der Waals surface area contributed by atoms with Crippen LogP contribution in [0.15, 0.2) is 116 Å². The maximum absolute atomic E-state index is 14.2. The highest BCUT2D eigenvalue weighted by atomic mass is 19.1. The largest absolute Gasteiger partial charge is 0.489 e. The van der Waals surface area contributed by atoms with Crippen molar-refractivity contribution < 1.29 is 22.7 Å². The van der Waals surface area contributed by atoms with Crippen LogP contribution in [0.1, 0.15) is 28.4 Å². The van der Waals surface area contributed by atoms with Crippen molar-refractivity contribution in [2.24, 2.45) is 0 Å². The molecule has 2 heterocycles. The van der Waals surface area contributed by atoms with Gasteiger partial charge in [0.25, 0.3) is 0 Å². The quantitative estimate of drug-likeness (QED) is 0.170. The van der Waals surface area contributed by atoms with Gasteiger partial charge in [-0.1, -0.05) is 48.5 Å². The second-order valence-corrected chi connectivity index (χ2v) is 10.5. The molecule has 0 aliphatic rings. The van der Waals surface area contributed by atoms with Gasteiger partial charge in [0.1, 0.15) is 29.8 Å². The molecule has 0 radical (unpaired) electrons. The van der Waals surface area contributed by atoms with Crippen LogP contribution in [0.3, 0.4) is 0 Å². The number of pyridine rings is 1. The number of hydrogen-bond acceptors (Lipinski definition) is 3. The van der Waals surface area contributed by atoms with E-state index in [4.69, 9.17) is 4.74 Å². The standard InChI is InChI=1S/C36H28F3N3O2/c37-27-11-12-33-32(20-27)26(21-41-33)18-35(43)42-34(16-24-14-28(38)19-29(39)15-24)36-31(10-5-13-40-36)25-8-4-9-30(17-25)44-22-23-6-2-1-3-7-23/h1-15,17,19-21,34,41H,16,18,22H2,(H,42,43). The molecule has 1 amide bonds. The highest BCUT2D eigenvalue weighted by Gasteiger charge is 2.22. The molecule has 0 saturated heterocycles. The molecule has 220 valence electrons. The first-order valence-corrected chi connectivity index (χ1v) is 14.1. The molecule has 44 heavy (non-hydrogen) atoms. The van der Waals surface area contributed by atoms with E-state index in [0.29, 0.717) is 40.1 Å². The van der Waals surface area contributed by atoms with Crippen molar-refractivity contribution in [1.29, 1.82) is 0 Å². The molecule has 0 saturated carbocycles. The average Bonchev–Trinajstić information content (AvgIpc) is 3.41. The van der Waals surface area contributed by atoms with E-state index >= 15 is 0 Å². The maximum Gasteiger partial charge on any atom is 0.225 e. The zero-order valence-electron chi connectivity index (χ0n) is 23.6. The molecule has 0 fully saturated rings. The topological polar surface area (TPSA) is 67.0 Å². The third-order valence-electron chi connectivity index (χ3n) is 7.34. The van der Waals surface area contributed by atoms with E-state index in [9.17, 15) is 18.0 Å². The average molecular weight is 592 g/mol. The molecule has 2 aromatic heterocycles. The molecule has 8 heteroatoms. The summed E-state index contributed by atoms with van der Waals surface area (Å²) >= 11 is 0. The summed E-state index contributed by atoms with van der Waals surface area (Å²) in [5.74, 6) is -1.53. The third-order valence-corrected chi connectivity index (χ3v) is 7.34. The van der Waals surface area contributed by atoms with E-state index in [2.05, 4.69) is 15.3 Å². The Kier molecular flexibility index (Phi) is 8.41. The smallest absolute Gasteiger partial charge is 0.225 e. The van der Waals surface area contributed by atoms with Gasteiger partial charge in [0, 0.05) is 34.9 Å². The predicted octanol–water partition coefficient (Wildman–Crippen LogP) is 7.87. The van der Waals surface area contributed by atoms with Crippen LogP contribution < -0.4 is 10.1 Å². The minimum Gasteiger partial charge on any atom is -0.489 e. The van der Waals surface area contributed by atoms with Gasteiger partial charge in [-0.05, 0) is 77.2 Å². The molecule has 6 rings (SSSR count). The van der Waals surface area contributed by atoms with Crippen molar-refractivity contribution in [1.82, 2.24) is 15.3 Å². The van der Waals surface area contributed by atoms with Gasteiger partial charge in [-0.15, -0.1) is 0 Å². The molecule has 2 N–H and O–H groups in total. The van der Waals surface area contributed by atoms with Crippen molar-refractivity contribution in [3.05, 3.63) is 155 Å². The van der Waals surface area contributed by atoms with Crippen LogP contribution in [0.2, 0.25) is 0 Å². The molecule has 0 bridgehead atoms. The molecule has 5 nitrogen and oxygen atoms in total. The number of halogens is 3. The Morgan fingerprint density at radius 1 is 0.818 bits per heavy atom. The van der Waals surface area contributed by atoms with E-state index in [-0.39, 0.29) is 18.7 Å². The molecule has 6 aromatic rings. The Balaban J connectivity index is 1.31. The van der Waals surface area contributed by atoms with Crippen molar-refractivity contribution in [3.63, 3.8) is 0 Å². The summed E-state index contributed by atoms with van der Waals surface area (Å²) in [5, 5.41) is 3.63. The number of fused-ring (bicyclic) bond motifs is 1. The van der Waals surface area contributed by atoms with Crippen molar-refractivity contribution in [3.8, 4) is 16.9 Å². The summed E-state index contributed by atoms with van der Waals surface area (Å²) in [5.41, 5.74) is 4.78. The normalized spacial score (nSPS) is 11.8. The summed E-state index contributed by atoms with van der Waals surface area (Å²) in [6, 6.07) is 27.9. The molecular weight excluding hydrogens is 563 g/mol. The lowest BCUT2D eigenvalue weighted by Crippen LogP contribution is -2.32. The number of H-pyrrole nitrogens is 1. The minimum atomic E-state index is -0.740. The first-order valence-electron chi connectivity index (χ1n) is 14.1. The molecule has 0 spiro atoms. The van der Waals surface area contributed by atoms with E-state index < -0.39 is 23.5 Å². The monoisotopic (exact) mass is 591 g/mol. The third kappa shape index (κ3) is 6.81. The number of nitrogens with one attached hydrogen (secondary N) is 2. The molecule has 1 unspecified atom stereocenters. The van der Waals surface area contributed by atoms with Crippen LogP contribution in [0, 0.1) is 17.5 Å². The fourth-order valence-electron chi connectivity index (χ4n) is 5.33. The number of ether oxygens (including phenoxy) is 1. The second kappa shape index (κ2) is 12.9. The number of amides is 1. The minimum absolute atomic E-state index is 0.0392. The highest BCUT2D eigenvalue weighted by molar-refractivity contribution is 5.89. The van der Waals surface area contributed by atoms with Crippen LogP contribution >= 0.6 is 0 Å². The fourth-order valence-corrected chi connectivity index (χ4v) is 5.33. The van der Waals surface area contributed by atoms with Crippen LogP contribution in [0.4, 0.5) is 13.2 Å². The van der Waals surface area contributed by atoms with Gasteiger partial charge in [-0.25, -0.2) is 13.2 Å². The Hall–Kier alpha value is -5.37. The summed E-state index contributed by atoms with van der Waals surface area (Å²) in [6.45, 7) is 0.395. The number of rotatable bonds is 10. The van der Waals surface area contributed by atoms with E-state index in [0.717, 1.165) is 22.8 Å². The van der Waals surface area contributed by atoms with E-state index in [1.54, 1.807) is 24.5 Å². The first kappa shape index (κ1) is 28.7. The number of aromatic amines is 1. The molecule has 1 atom stereocenters. The first-order chi connectivity index (χ1) is 21.4. The predicted molar refractivity (Wildman–Crippen MR) is 163 cm³/mol. The van der Waals surface area contributed by atoms with Crippen LogP contribution in [-0.4, -0.2) is 15.9 Å². The summed E-state index contributed by atoms with van der Waals surface area (Å²) in [6.07, 6.45) is 3.33. The Labute approximate surface area is 252 Å². The summed E-state index contributed by atoms with van der Waals surface area (Å²) in [7, 11) is 0. The van der Waals surface area contributed by atoms with E-state index in [1.165, 1.54) is 24.3 Å². The number of carbonyl (C=O) groups is 1. The molecule has 0 aliphatic carbocycles. The second-order valence-electron chi connectivity index (χ2n) is 10.5. The lowest BCUT2D eigenvalue weighted by molar-refractivity contribution is -0.121. The maximum atomic E-state index is 14.2. The summed E-state index contributed by atoms with van der Waals surface area (Å²) in [4.78, 5) is 21.1. The van der Waals surface area contributed by atoms with Gasteiger partial charge in [0.15, 0.2) is 0 Å². The number of carbonyl (C=O) groups excluding carboxylic acids is 1. The zero-order chi connectivity index (χ0) is 30.5. The molecule has 0 aliphatic heterocycles. The van der Waals surface area contributed by atoms with Crippen LogP contribution in [0.25, 0.3) is 22.0 Å². The van der Waals surface area contributed by atoms with Crippen molar-refractivity contribution in [2.45, 2.75) is 25.5 Å². The number of benzene rings is 4. The Morgan fingerprint density at radius 3 is 2.45 bits per heavy atom. The molecule has 4 aromatic carbocycles. The van der Waals surface area contributed by atoms with Crippen LogP contribution in [-0.2, 0) is 24.2 Å². The van der Waals surface area contributed by atoms with Gasteiger partial charge in [0.05, 0.1) is 18.2 Å².